The molecule has 0 bridgehead atoms. The quantitative estimate of drug-likeness (QED) is 0.906. The van der Waals surface area contributed by atoms with Gasteiger partial charge in [0.15, 0.2) is 0 Å². The van der Waals surface area contributed by atoms with Crippen molar-refractivity contribution >= 4 is 33.7 Å². The molecule has 2 aromatic rings. The van der Waals surface area contributed by atoms with Gasteiger partial charge in [-0.1, -0.05) is 23.9 Å². The van der Waals surface area contributed by atoms with Crippen LogP contribution >= 0.6 is 27.7 Å². The van der Waals surface area contributed by atoms with Crippen LogP contribution in [0.25, 0.3) is 0 Å². The third-order valence-electron chi connectivity index (χ3n) is 2.24. The fraction of sp³-hybridized carbons (Fsp3) is 0. The van der Waals surface area contributed by atoms with E-state index in [1.54, 1.807) is 0 Å². The largest absolute Gasteiger partial charge is 0.478 e. The van der Waals surface area contributed by atoms with Gasteiger partial charge in [-0.05, 0) is 46.3 Å². The highest BCUT2D eigenvalue weighted by molar-refractivity contribution is 9.10. The van der Waals surface area contributed by atoms with Gasteiger partial charge >= 0.3 is 5.97 Å². The SMILES string of the molecule is O=C(O)c1ccc(Sc2ccccc2Br)c(F)c1. The molecule has 1 N–H and O–H groups in total. The monoisotopic (exact) mass is 326 g/mol. The first kappa shape index (κ1) is 13.1. The maximum absolute atomic E-state index is 13.7. The second-order valence-electron chi connectivity index (χ2n) is 3.48. The second kappa shape index (κ2) is 5.54. The van der Waals surface area contributed by atoms with Crippen molar-refractivity contribution in [1.29, 1.82) is 0 Å². The highest BCUT2D eigenvalue weighted by Gasteiger charge is 2.10. The predicted molar refractivity (Wildman–Crippen MR) is 71.6 cm³/mol. The first-order valence-electron chi connectivity index (χ1n) is 5.03. The van der Waals surface area contributed by atoms with Crippen LogP contribution in [0, 0.1) is 5.82 Å². The Bertz CT molecular complexity index is 601. The van der Waals surface area contributed by atoms with Crippen molar-refractivity contribution in [2.45, 2.75) is 9.79 Å². The van der Waals surface area contributed by atoms with E-state index in [0.717, 1.165) is 15.4 Å². The van der Waals surface area contributed by atoms with Crippen molar-refractivity contribution < 1.29 is 14.3 Å². The number of carbonyl (C=O) groups is 1. The molecule has 0 spiro atoms. The van der Waals surface area contributed by atoms with E-state index in [1.165, 1.54) is 23.9 Å². The summed E-state index contributed by atoms with van der Waals surface area (Å²) in [6.07, 6.45) is 0. The van der Waals surface area contributed by atoms with Crippen molar-refractivity contribution in [1.82, 2.24) is 0 Å². The minimum atomic E-state index is -1.13. The van der Waals surface area contributed by atoms with Crippen LogP contribution in [0.1, 0.15) is 10.4 Å². The number of benzene rings is 2. The number of aromatic carboxylic acids is 1. The Kier molecular flexibility index (Phi) is 4.04. The summed E-state index contributed by atoms with van der Waals surface area (Å²) in [5.41, 5.74) is -0.0519. The minimum Gasteiger partial charge on any atom is -0.478 e. The summed E-state index contributed by atoms with van der Waals surface area (Å²) >= 11 is 4.63. The molecule has 0 radical (unpaired) electrons. The maximum atomic E-state index is 13.7. The van der Waals surface area contributed by atoms with E-state index in [1.807, 2.05) is 24.3 Å². The smallest absolute Gasteiger partial charge is 0.335 e. The van der Waals surface area contributed by atoms with Gasteiger partial charge in [-0.15, -0.1) is 0 Å². The standard InChI is InChI=1S/C13H8BrFO2S/c14-9-3-1-2-4-11(9)18-12-6-5-8(13(16)17)7-10(12)15/h1-7H,(H,16,17). The normalized spacial score (nSPS) is 10.3. The molecule has 92 valence electrons. The van der Waals surface area contributed by atoms with E-state index in [9.17, 15) is 9.18 Å². The number of carboxylic acids is 1. The predicted octanol–water partition coefficient (Wildman–Crippen LogP) is 4.44. The van der Waals surface area contributed by atoms with E-state index < -0.39 is 11.8 Å². The minimum absolute atomic E-state index is 0.0519. The Morgan fingerprint density at radius 2 is 1.89 bits per heavy atom. The Morgan fingerprint density at radius 3 is 2.50 bits per heavy atom. The van der Waals surface area contributed by atoms with Gasteiger partial charge in [0.25, 0.3) is 0 Å². The summed E-state index contributed by atoms with van der Waals surface area (Å²) in [5.74, 6) is -1.66. The summed E-state index contributed by atoms with van der Waals surface area (Å²) in [5, 5.41) is 8.75. The molecular weight excluding hydrogens is 319 g/mol. The Morgan fingerprint density at radius 1 is 1.17 bits per heavy atom. The van der Waals surface area contributed by atoms with E-state index in [-0.39, 0.29) is 5.56 Å². The van der Waals surface area contributed by atoms with Crippen LogP contribution in [0.15, 0.2) is 56.7 Å². The second-order valence-corrected chi connectivity index (χ2v) is 5.42. The Balaban J connectivity index is 2.30. The molecule has 0 fully saturated rings. The molecule has 0 amide bonds. The van der Waals surface area contributed by atoms with Crippen LogP contribution in [0.5, 0.6) is 0 Å². The summed E-state index contributed by atoms with van der Waals surface area (Å²) < 4.78 is 14.6. The van der Waals surface area contributed by atoms with Gasteiger partial charge in [0.1, 0.15) is 5.82 Å². The zero-order valence-electron chi connectivity index (χ0n) is 9.06. The fourth-order valence-electron chi connectivity index (χ4n) is 1.36. The molecule has 0 saturated carbocycles. The van der Waals surface area contributed by atoms with Crippen LogP contribution < -0.4 is 0 Å². The van der Waals surface area contributed by atoms with Crippen molar-refractivity contribution in [3.8, 4) is 0 Å². The van der Waals surface area contributed by atoms with Gasteiger partial charge in [0, 0.05) is 14.3 Å². The average Bonchev–Trinajstić information content (AvgIpc) is 2.34. The molecule has 0 saturated heterocycles. The van der Waals surface area contributed by atoms with Crippen molar-refractivity contribution in [3.63, 3.8) is 0 Å². The van der Waals surface area contributed by atoms with E-state index >= 15 is 0 Å². The lowest BCUT2D eigenvalue weighted by Gasteiger charge is -2.05. The molecule has 18 heavy (non-hydrogen) atoms. The highest BCUT2D eigenvalue weighted by Crippen LogP contribution is 2.34. The van der Waals surface area contributed by atoms with Gasteiger partial charge in [-0.2, -0.15) is 0 Å². The zero-order valence-corrected chi connectivity index (χ0v) is 11.5. The maximum Gasteiger partial charge on any atom is 0.335 e. The molecule has 2 nitrogen and oxygen atoms in total. The van der Waals surface area contributed by atoms with Gasteiger partial charge in [-0.3, -0.25) is 0 Å². The van der Waals surface area contributed by atoms with Crippen LogP contribution in [-0.2, 0) is 0 Å². The number of rotatable bonds is 3. The van der Waals surface area contributed by atoms with Gasteiger partial charge in [0.05, 0.1) is 5.56 Å². The van der Waals surface area contributed by atoms with Crippen molar-refractivity contribution in [2.24, 2.45) is 0 Å². The van der Waals surface area contributed by atoms with Crippen molar-refractivity contribution in [2.75, 3.05) is 0 Å². The molecule has 0 aliphatic rings. The molecule has 0 unspecified atom stereocenters. The molecule has 0 aliphatic heterocycles. The molecule has 0 atom stereocenters. The summed E-state index contributed by atoms with van der Waals surface area (Å²) in [6, 6.07) is 11.4. The lowest BCUT2D eigenvalue weighted by molar-refractivity contribution is 0.0696. The van der Waals surface area contributed by atoms with Gasteiger partial charge < -0.3 is 5.11 Å². The molecular formula is C13H8BrFO2S. The fourth-order valence-corrected chi connectivity index (χ4v) is 2.73. The number of hydrogen-bond acceptors (Lipinski definition) is 2. The topological polar surface area (TPSA) is 37.3 Å². The van der Waals surface area contributed by atoms with Crippen molar-refractivity contribution in [3.05, 3.63) is 58.3 Å². The molecule has 2 rings (SSSR count). The molecule has 2 aromatic carbocycles. The Hall–Kier alpha value is -1.33. The third kappa shape index (κ3) is 2.91. The summed E-state index contributed by atoms with van der Waals surface area (Å²) in [6.45, 7) is 0. The van der Waals surface area contributed by atoms with Gasteiger partial charge in [0.2, 0.25) is 0 Å². The van der Waals surface area contributed by atoms with E-state index in [2.05, 4.69) is 15.9 Å². The van der Waals surface area contributed by atoms with Crippen LogP contribution in [-0.4, -0.2) is 11.1 Å². The molecule has 0 aromatic heterocycles. The van der Waals surface area contributed by atoms with Crippen LogP contribution in [0.2, 0.25) is 0 Å². The lowest BCUT2D eigenvalue weighted by atomic mass is 10.2. The third-order valence-corrected chi connectivity index (χ3v) is 4.32. The molecule has 0 aliphatic carbocycles. The van der Waals surface area contributed by atoms with E-state index in [0.29, 0.717) is 4.90 Å². The van der Waals surface area contributed by atoms with Gasteiger partial charge in [-0.25, -0.2) is 9.18 Å². The number of carboxylic acid groups (broad SMARTS) is 1. The summed E-state index contributed by atoms with van der Waals surface area (Å²) in [7, 11) is 0. The first-order valence-corrected chi connectivity index (χ1v) is 6.64. The summed E-state index contributed by atoms with van der Waals surface area (Å²) in [4.78, 5) is 12.0. The number of hydrogen-bond donors (Lipinski definition) is 1. The number of halogens is 2. The Labute approximate surface area is 116 Å². The molecule has 5 heteroatoms. The van der Waals surface area contributed by atoms with Crippen LogP contribution in [0.3, 0.4) is 0 Å². The van der Waals surface area contributed by atoms with E-state index in [4.69, 9.17) is 5.11 Å². The van der Waals surface area contributed by atoms with Crippen LogP contribution in [0.4, 0.5) is 4.39 Å². The lowest BCUT2D eigenvalue weighted by Crippen LogP contribution is -1.97. The zero-order chi connectivity index (χ0) is 13.1. The first-order chi connectivity index (χ1) is 8.58. The average molecular weight is 327 g/mol. The molecule has 0 heterocycles. The highest BCUT2D eigenvalue weighted by atomic mass is 79.9.